The van der Waals surface area contributed by atoms with E-state index in [2.05, 4.69) is 9.88 Å². The standard InChI is InChI=1S/C13H14N2O2S/c16-13(17)6-7-15(9-12-8-14-10-18-12)11-4-2-1-3-5-11/h1-5,8,10H,6-7,9H2,(H,16,17). The van der Waals surface area contributed by atoms with E-state index in [0.29, 0.717) is 13.1 Å². The van der Waals surface area contributed by atoms with E-state index in [4.69, 9.17) is 5.11 Å². The Bertz CT molecular complexity index is 485. The summed E-state index contributed by atoms with van der Waals surface area (Å²) in [7, 11) is 0. The fourth-order valence-corrected chi connectivity index (χ4v) is 2.29. The van der Waals surface area contributed by atoms with Gasteiger partial charge in [0.15, 0.2) is 0 Å². The molecule has 0 saturated heterocycles. The number of hydrogen-bond donors (Lipinski definition) is 1. The molecule has 94 valence electrons. The van der Waals surface area contributed by atoms with E-state index in [1.54, 1.807) is 16.8 Å². The van der Waals surface area contributed by atoms with Crippen molar-refractivity contribution in [1.29, 1.82) is 0 Å². The average Bonchev–Trinajstić information content (AvgIpc) is 2.88. The minimum absolute atomic E-state index is 0.133. The van der Waals surface area contributed by atoms with Crippen LogP contribution < -0.4 is 4.90 Å². The second kappa shape index (κ2) is 6.16. The minimum atomic E-state index is -0.778. The van der Waals surface area contributed by atoms with Crippen molar-refractivity contribution in [3.63, 3.8) is 0 Å². The SMILES string of the molecule is O=C(O)CCN(Cc1cncs1)c1ccccc1. The molecule has 0 saturated carbocycles. The summed E-state index contributed by atoms with van der Waals surface area (Å²) < 4.78 is 0. The summed E-state index contributed by atoms with van der Waals surface area (Å²) in [6.45, 7) is 1.19. The van der Waals surface area contributed by atoms with E-state index in [-0.39, 0.29) is 6.42 Å². The van der Waals surface area contributed by atoms with Crippen molar-refractivity contribution in [2.24, 2.45) is 0 Å². The molecule has 0 amide bonds. The van der Waals surface area contributed by atoms with Crippen LogP contribution in [0.5, 0.6) is 0 Å². The molecule has 0 aliphatic carbocycles. The third kappa shape index (κ3) is 3.56. The topological polar surface area (TPSA) is 53.4 Å². The van der Waals surface area contributed by atoms with Gasteiger partial charge in [0.2, 0.25) is 0 Å². The first-order valence-corrected chi connectivity index (χ1v) is 6.53. The van der Waals surface area contributed by atoms with Gasteiger partial charge in [-0.1, -0.05) is 18.2 Å². The maximum Gasteiger partial charge on any atom is 0.305 e. The molecule has 0 aliphatic heterocycles. The number of carbonyl (C=O) groups is 1. The number of nitrogens with zero attached hydrogens (tertiary/aromatic N) is 2. The Hall–Kier alpha value is -1.88. The molecule has 4 nitrogen and oxygen atoms in total. The highest BCUT2D eigenvalue weighted by molar-refractivity contribution is 7.09. The smallest absolute Gasteiger partial charge is 0.305 e. The Kier molecular flexibility index (Phi) is 4.30. The van der Waals surface area contributed by atoms with Gasteiger partial charge < -0.3 is 10.0 Å². The number of thiazole rings is 1. The van der Waals surface area contributed by atoms with Gasteiger partial charge in [0.25, 0.3) is 0 Å². The van der Waals surface area contributed by atoms with Gasteiger partial charge in [-0.3, -0.25) is 9.78 Å². The highest BCUT2D eigenvalue weighted by atomic mass is 32.1. The van der Waals surface area contributed by atoms with Crippen molar-refractivity contribution in [3.8, 4) is 0 Å². The van der Waals surface area contributed by atoms with Crippen LogP contribution in [-0.4, -0.2) is 22.6 Å². The molecule has 18 heavy (non-hydrogen) atoms. The normalized spacial score (nSPS) is 10.2. The van der Waals surface area contributed by atoms with Crippen LogP contribution in [0.15, 0.2) is 42.0 Å². The van der Waals surface area contributed by atoms with E-state index >= 15 is 0 Å². The van der Waals surface area contributed by atoms with Crippen molar-refractivity contribution in [2.45, 2.75) is 13.0 Å². The zero-order chi connectivity index (χ0) is 12.8. The van der Waals surface area contributed by atoms with Gasteiger partial charge in [-0.25, -0.2) is 0 Å². The predicted molar refractivity (Wildman–Crippen MR) is 71.9 cm³/mol. The van der Waals surface area contributed by atoms with Crippen LogP contribution in [0.2, 0.25) is 0 Å². The molecule has 0 radical (unpaired) electrons. The summed E-state index contributed by atoms with van der Waals surface area (Å²) >= 11 is 1.58. The maximum absolute atomic E-state index is 10.7. The number of aromatic nitrogens is 1. The summed E-state index contributed by atoms with van der Waals surface area (Å²) in [5, 5.41) is 8.80. The maximum atomic E-state index is 10.7. The fourth-order valence-electron chi connectivity index (χ4n) is 1.68. The molecule has 0 aliphatic rings. The lowest BCUT2D eigenvalue weighted by atomic mass is 10.2. The van der Waals surface area contributed by atoms with Crippen molar-refractivity contribution in [2.75, 3.05) is 11.4 Å². The Morgan fingerprint density at radius 1 is 1.33 bits per heavy atom. The van der Waals surface area contributed by atoms with Gasteiger partial charge in [0, 0.05) is 23.3 Å². The zero-order valence-electron chi connectivity index (χ0n) is 9.82. The Morgan fingerprint density at radius 3 is 2.72 bits per heavy atom. The second-order valence-corrected chi connectivity index (χ2v) is 4.84. The molecule has 1 aromatic heterocycles. The lowest BCUT2D eigenvalue weighted by Crippen LogP contribution is -2.25. The van der Waals surface area contributed by atoms with Crippen LogP contribution in [0.3, 0.4) is 0 Å². The van der Waals surface area contributed by atoms with E-state index in [1.807, 2.05) is 36.5 Å². The van der Waals surface area contributed by atoms with Crippen LogP contribution in [0, 0.1) is 0 Å². The molecule has 0 fully saturated rings. The molecular formula is C13H14N2O2S. The van der Waals surface area contributed by atoms with Crippen molar-refractivity contribution >= 4 is 23.0 Å². The summed E-state index contributed by atoms with van der Waals surface area (Å²) in [5.41, 5.74) is 2.82. The lowest BCUT2D eigenvalue weighted by Gasteiger charge is -2.23. The van der Waals surface area contributed by atoms with Crippen molar-refractivity contribution in [3.05, 3.63) is 46.9 Å². The molecule has 0 atom stereocenters. The first-order valence-electron chi connectivity index (χ1n) is 5.65. The van der Waals surface area contributed by atoms with Crippen molar-refractivity contribution < 1.29 is 9.90 Å². The van der Waals surface area contributed by atoms with Crippen LogP contribution in [0.25, 0.3) is 0 Å². The molecule has 1 aromatic carbocycles. The minimum Gasteiger partial charge on any atom is -0.481 e. The van der Waals surface area contributed by atoms with E-state index in [9.17, 15) is 4.79 Å². The number of carboxylic acids is 1. The quantitative estimate of drug-likeness (QED) is 0.869. The summed E-state index contributed by atoms with van der Waals surface area (Å²) in [4.78, 5) is 17.9. The molecular weight excluding hydrogens is 248 g/mol. The molecule has 1 N–H and O–H groups in total. The van der Waals surface area contributed by atoms with Gasteiger partial charge in [0.05, 0.1) is 18.5 Å². The van der Waals surface area contributed by atoms with Crippen LogP contribution in [-0.2, 0) is 11.3 Å². The Balaban J connectivity index is 2.10. The first-order chi connectivity index (χ1) is 8.75. The molecule has 0 bridgehead atoms. The predicted octanol–water partition coefficient (Wildman–Crippen LogP) is 2.62. The van der Waals surface area contributed by atoms with E-state index in [1.165, 1.54) is 0 Å². The Morgan fingerprint density at radius 2 is 2.11 bits per heavy atom. The highest BCUT2D eigenvalue weighted by Gasteiger charge is 2.10. The number of hydrogen-bond acceptors (Lipinski definition) is 4. The zero-order valence-corrected chi connectivity index (χ0v) is 10.6. The molecule has 5 heteroatoms. The number of rotatable bonds is 6. The van der Waals surface area contributed by atoms with E-state index < -0.39 is 5.97 Å². The van der Waals surface area contributed by atoms with Gasteiger partial charge in [-0.2, -0.15) is 0 Å². The van der Waals surface area contributed by atoms with Gasteiger partial charge in [-0.05, 0) is 12.1 Å². The third-order valence-corrected chi connectivity index (χ3v) is 3.31. The molecule has 2 aromatic rings. The summed E-state index contributed by atoms with van der Waals surface area (Å²) in [5.74, 6) is -0.778. The van der Waals surface area contributed by atoms with Crippen LogP contribution in [0.1, 0.15) is 11.3 Å². The average molecular weight is 262 g/mol. The molecule has 0 spiro atoms. The molecule has 0 unspecified atom stereocenters. The van der Waals surface area contributed by atoms with Gasteiger partial charge in [0.1, 0.15) is 0 Å². The number of aliphatic carboxylic acids is 1. The lowest BCUT2D eigenvalue weighted by molar-refractivity contribution is -0.136. The summed E-state index contributed by atoms with van der Waals surface area (Å²) in [6.07, 6.45) is 1.95. The summed E-state index contributed by atoms with van der Waals surface area (Å²) in [6, 6.07) is 9.84. The third-order valence-electron chi connectivity index (χ3n) is 2.55. The monoisotopic (exact) mass is 262 g/mol. The van der Waals surface area contributed by atoms with Gasteiger partial charge in [-0.15, -0.1) is 11.3 Å². The number of carboxylic acid groups (broad SMARTS) is 1. The number of benzene rings is 1. The second-order valence-electron chi connectivity index (χ2n) is 3.87. The van der Waals surface area contributed by atoms with Crippen LogP contribution in [0.4, 0.5) is 5.69 Å². The molecule has 2 rings (SSSR count). The highest BCUT2D eigenvalue weighted by Crippen LogP contribution is 2.18. The first kappa shape index (κ1) is 12.6. The largest absolute Gasteiger partial charge is 0.481 e. The number of para-hydroxylation sites is 1. The van der Waals surface area contributed by atoms with Crippen LogP contribution >= 0.6 is 11.3 Å². The molecule has 1 heterocycles. The fraction of sp³-hybridized carbons (Fsp3) is 0.231. The number of anilines is 1. The van der Waals surface area contributed by atoms with Gasteiger partial charge >= 0.3 is 5.97 Å². The van der Waals surface area contributed by atoms with E-state index in [0.717, 1.165) is 10.6 Å². The van der Waals surface area contributed by atoms with Crippen molar-refractivity contribution in [1.82, 2.24) is 4.98 Å². The Labute approximate surface area is 110 Å².